The summed E-state index contributed by atoms with van der Waals surface area (Å²) < 4.78 is 6.67. The van der Waals surface area contributed by atoms with Crippen molar-refractivity contribution in [1.82, 2.24) is 5.16 Å². The molecule has 1 aliphatic rings. The average Bonchev–Trinajstić information content (AvgIpc) is 3.18. The molecule has 6 heteroatoms. The highest BCUT2D eigenvalue weighted by molar-refractivity contribution is 8.00. The van der Waals surface area contributed by atoms with E-state index < -0.39 is 0 Å². The number of primary amides is 1. The normalized spacial score (nSPS) is 16.0. The van der Waals surface area contributed by atoms with Gasteiger partial charge in [-0.05, 0) is 23.8 Å². The van der Waals surface area contributed by atoms with Crippen molar-refractivity contribution < 1.29 is 9.32 Å². The second-order valence-corrected chi connectivity index (χ2v) is 7.51. The largest absolute Gasteiger partial charge is 0.365 e. The van der Waals surface area contributed by atoms with E-state index in [9.17, 15) is 4.79 Å². The molecule has 0 aliphatic heterocycles. The molecule has 116 valence electrons. The molecule has 0 bridgehead atoms. The molecule has 1 amide bonds. The number of carbonyl (C=O) groups excluding carboxylic acids is 1. The Balaban J connectivity index is 1.95. The molecule has 23 heavy (non-hydrogen) atoms. The van der Waals surface area contributed by atoms with Crippen LogP contribution in [-0.4, -0.2) is 17.3 Å². The zero-order valence-electron chi connectivity index (χ0n) is 12.4. The van der Waals surface area contributed by atoms with Crippen LogP contribution in [0.25, 0.3) is 11.1 Å². The number of hydrogen-bond donors (Lipinski definition) is 1. The topological polar surface area (TPSA) is 69.1 Å². The van der Waals surface area contributed by atoms with Crippen molar-refractivity contribution in [3.8, 4) is 11.1 Å². The van der Waals surface area contributed by atoms with Crippen molar-refractivity contribution in [2.75, 3.05) is 6.26 Å². The van der Waals surface area contributed by atoms with E-state index in [2.05, 4.69) is 17.3 Å². The Kier molecular flexibility index (Phi) is 3.50. The maximum atomic E-state index is 11.9. The Bertz CT molecular complexity index is 883. The van der Waals surface area contributed by atoms with E-state index in [1.807, 2.05) is 24.5 Å². The number of rotatable bonds is 3. The number of aromatic nitrogens is 1. The summed E-state index contributed by atoms with van der Waals surface area (Å²) in [6.07, 6.45) is 4.46. The number of thioether (sulfide) groups is 1. The molecule has 0 fully saturated rings. The number of thiophene rings is 1. The number of fused-ring (bicyclic) bond motifs is 3. The van der Waals surface area contributed by atoms with Crippen molar-refractivity contribution in [2.24, 2.45) is 5.73 Å². The van der Waals surface area contributed by atoms with E-state index in [4.69, 9.17) is 10.3 Å². The Morgan fingerprint density at radius 1 is 1.39 bits per heavy atom. The van der Waals surface area contributed by atoms with Gasteiger partial charge in [-0.3, -0.25) is 4.79 Å². The third-order valence-electron chi connectivity index (χ3n) is 4.18. The van der Waals surface area contributed by atoms with E-state index >= 15 is 0 Å². The van der Waals surface area contributed by atoms with Crippen LogP contribution in [0.5, 0.6) is 0 Å². The number of hydrogen-bond acceptors (Lipinski definition) is 5. The monoisotopic (exact) mass is 342 g/mol. The maximum Gasteiger partial charge on any atom is 0.259 e. The van der Waals surface area contributed by atoms with Gasteiger partial charge < -0.3 is 10.3 Å². The Morgan fingerprint density at radius 3 is 2.87 bits per heavy atom. The number of amides is 1. The first kappa shape index (κ1) is 14.5. The molecule has 1 unspecified atom stereocenters. The van der Waals surface area contributed by atoms with Gasteiger partial charge in [-0.25, -0.2) is 0 Å². The van der Waals surface area contributed by atoms with Crippen LogP contribution in [0.3, 0.4) is 0 Å². The molecule has 1 atom stereocenters. The van der Waals surface area contributed by atoms with E-state index in [-0.39, 0.29) is 11.8 Å². The predicted molar refractivity (Wildman–Crippen MR) is 92.1 cm³/mol. The summed E-state index contributed by atoms with van der Waals surface area (Å²) in [5, 5.41) is 4.01. The van der Waals surface area contributed by atoms with Crippen molar-refractivity contribution >= 4 is 29.0 Å². The molecule has 1 aromatic carbocycles. The smallest absolute Gasteiger partial charge is 0.259 e. The lowest BCUT2D eigenvalue weighted by Crippen LogP contribution is -2.16. The van der Waals surface area contributed by atoms with Crippen molar-refractivity contribution in [3.05, 3.63) is 58.3 Å². The standard InChI is InChI=1S/C17H14N2O2S2/c1-22-17-13-11(15(23-17)16(18)20)7-10(9-5-3-2-4-6-9)14-12(13)8-19-21-14/h2-6,8,10H,7H2,1H3,(H2,18,20). The summed E-state index contributed by atoms with van der Waals surface area (Å²) in [6.45, 7) is 0. The summed E-state index contributed by atoms with van der Waals surface area (Å²) in [4.78, 5) is 12.5. The molecule has 2 aromatic heterocycles. The molecule has 0 saturated carbocycles. The van der Waals surface area contributed by atoms with Gasteiger partial charge in [-0.15, -0.1) is 23.1 Å². The number of nitrogens with zero attached hydrogens (tertiary/aromatic N) is 1. The second-order valence-electron chi connectivity index (χ2n) is 5.41. The van der Waals surface area contributed by atoms with Crippen molar-refractivity contribution in [3.63, 3.8) is 0 Å². The molecule has 0 saturated heterocycles. The predicted octanol–water partition coefficient (Wildman–Crippen LogP) is 3.91. The van der Waals surface area contributed by atoms with Gasteiger partial charge in [0.1, 0.15) is 0 Å². The minimum absolute atomic E-state index is 0.0589. The van der Waals surface area contributed by atoms with Gasteiger partial charge >= 0.3 is 0 Å². The van der Waals surface area contributed by atoms with E-state index in [1.54, 1.807) is 18.0 Å². The average molecular weight is 342 g/mol. The fourth-order valence-electron chi connectivity index (χ4n) is 3.19. The van der Waals surface area contributed by atoms with Gasteiger partial charge in [-0.2, -0.15) is 0 Å². The first-order valence-electron chi connectivity index (χ1n) is 7.20. The van der Waals surface area contributed by atoms with Gasteiger partial charge in [0.05, 0.1) is 15.3 Å². The van der Waals surface area contributed by atoms with Gasteiger partial charge in [-0.1, -0.05) is 35.5 Å². The number of benzene rings is 1. The van der Waals surface area contributed by atoms with Crippen molar-refractivity contribution in [2.45, 2.75) is 16.5 Å². The zero-order valence-corrected chi connectivity index (χ0v) is 14.0. The van der Waals surface area contributed by atoms with Gasteiger partial charge in [0.2, 0.25) is 0 Å². The Labute approximate surface area is 141 Å². The van der Waals surface area contributed by atoms with Crippen LogP contribution in [-0.2, 0) is 6.42 Å². The quantitative estimate of drug-likeness (QED) is 0.733. The first-order chi connectivity index (χ1) is 11.2. The van der Waals surface area contributed by atoms with Crippen LogP contribution in [0.1, 0.15) is 32.5 Å². The highest BCUT2D eigenvalue weighted by Crippen LogP contribution is 2.50. The van der Waals surface area contributed by atoms with Crippen LogP contribution in [0.15, 0.2) is 45.3 Å². The van der Waals surface area contributed by atoms with Gasteiger partial charge in [0.25, 0.3) is 5.91 Å². The second kappa shape index (κ2) is 5.54. The molecule has 4 rings (SSSR count). The molecule has 1 aliphatic carbocycles. The summed E-state index contributed by atoms with van der Waals surface area (Å²) in [6, 6.07) is 10.2. The fourth-order valence-corrected chi connectivity index (χ4v) is 5.14. The lowest BCUT2D eigenvalue weighted by molar-refractivity contribution is 0.100. The molecule has 2 N–H and O–H groups in total. The fraction of sp³-hybridized carbons (Fsp3) is 0.176. The maximum absolute atomic E-state index is 11.9. The minimum atomic E-state index is -0.363. The van der Waals surface area contributed by atoms with Crippen LogP contribution in [0.2, 0.25) is 0 Å². The lowest BCUT2D eigenvalue weighted by atomic mass is 9.80. The molecular weight excluding hydrogens is 328 g/mol. The van der Waals surface area contributed by atoms with Crippen LogP contribution >= 0.6 is 23.1 Å². The molecule has 0 spiro atoms. The zero-order chi connectivity index (χ0) is 16.0. The molecular formula is C17H14N2O2S2. The third-order valence-corrected chi connectivity index (χ3v) is 6.54. The third kappa shape index (κ3) is 2.21. The van der Waals surface area contributed by atoms with E-state index in [0.29, 0.717) is 11.3 Å². The Morgan fingerprint density at radius 2 is 2.17 bits per heavy atom. The summed E-state index contributed by atoms with van der Waals surface area (Å²) in [5.41, 5.74) is 9.84. The number of carbonyl (C=O) groups is 1. The first-order valence-corrected chi connectivity index (χ1v) is 9.24. The van der Waals surface area contributed by atoms with E-state index in [0.717, 1.165) is 32.2 Å². The summed E-state index contributed by atoms with van der Waals surface area (Å²) in [5.74, 6) is 0.565. The lowest BCUT2D eigenvalue weighted by Gasteiger charge is -2.22. The minimum Gasteiger partial charge on any atom is -0.365 e. The number of nitrogens with two attached hydrogens (primary N) is 1. The van der Waals surface area contributed by atoms with Gasteiger partial charge in [0.15, 0.2) is 5.76 Å². The SMILES string of the molecule is CSc1sc(C(N)=O)c2c1-c1cnoc1C(c1ccccc1)C2. The van der Waals surface area contributed by atoms with Gasteiger partial charge in [0, 0.05) is 17.0 Å². The summed E-state index contributed by atoms with van der Waals surface area (Å²) >= 11 is 3.09. The highest BCUT2D eigenvalue weighted by atomic mass is 32.2. The van der Waals surface area contributed by atoms with Crippen LogP contribution < -0.4 is 5.73 Å². The molecule has 4 nitrogen and oxygen atoms in total. The Hall–Kier alpha value is -2.05. The summed E-state index contributed by atoms with van der Waals surface area (Å²) in [7, 11) is 0. The highest BCUT2D eigenvalue weighted by Gasteiger charge is 2.35. The molecule has 2 heterocycles. The molecule has 0 radical (unpaired) electrons. The van der Waals surface area contributed by atoms with Crippen LogP contribution in [0.4, 0.5) is 0 Å². The van der Waals surface area contributed by atoms with Crippen molar-refractivity contribution in [1.29, 1.82) is 0 Å². The van der Waals surface area contributed by atoms with Crippen LogP contribution in [0, 0.1) is 0 Å². The van der Waals surface area contributed by atoms with E-state index in [1.165, 1.54) is 11.3 Å². The molecule has 3 aromatic rings.